The maximum absolute atomic E-state index is 13.7. The first-order valence-corrected chi connectivity index (χ1v) is 6.40. The van der Waals surface area contributed by atoms with Crippen LogP contribution in [0.3, 0.4) is 0 Å². The van der Waals surface area contributed by atoms with Crippen LogP contribution in [0.25, 0.3) is 5.78 Å². The SMILES string of the molecule is Cc1cc(=O)n2ncnc2n1C[C@H](O)c1ccccc1F. The average Bonchev–Trinajstić information content (AvgIpc) is 2.93. The number of nitrogens with zero attached hydrogens (tertiary/aromatic N) is 4. The van der Waals surface area contributed by atoms with Crippen molar-refractivity contribution in [3.8, 4) is 0 Å². The van der Waals surface area contributed by atoms with Crippen LogP contribution in [-0.2, 0) is 6.54 Å². The molecule has 3 rings (SSSR count). The van der Waals surface area contributed by atoms with Gasteiger partial charge in [0.2, 0.25) is 5.78 Å². The number of rotatable bonds is 3. The molecule has 0 unspecified atom stereocenters. The molecular weight excluding hydrogens is 275 g/mol. The van der Waals surface area contributed by atoms with E-state index in [9.17, 15) is 14.3 Å². The number of aliphatic hydroxyl groups is 1. The minimum Gasteiger partial charge on any atom is -0.386 e. The maximum Gasteiger partial charge on any atom is 0.275 e. The van der Waals surface area contributed by atoms with Crippen LogP contribution in [0.4, 0.5) is 4.39 Å². The van der Waals surface area contributed by atoms with Crippen molar-refractivity contribution < 1.29 is 9.50 Å². The van der Waals surface area contributed by atoms with E-state index in [2.05, 4.69) is 10.1 Å². The number of aliphatic hydroxyl groups excluding tert-OH is 1. The summed E-state index contributed by atoms with van der Waals surface area (Å²) in [6.07, 6.45) is 0.218. The second kappa shape index (κ2) is 5.10. The molecule has 0 fully saturated rings. The van der Waals surface area contributed by atoms with Crippen molar-refractivity contribution in [2.75, 3.05) is 0 Å². The molecule has 6 nitrogen and oxygen atoms in total. The molecule has 2 aromatic heterocycles. The molecule has 0 aliphatic carbocycles. The van der Waals surface area contributed by atoms with E-state index >= 15 is 0 Å². The van der Waals surface area contributed by atoms with E-state index in [4.69, 9.17) is 0 Å². The summed E-state index contributed by atoms with van der Waals surface area (Å²) >= 11 is 0. The highest BCUT2D eigenvalue weighted by Gasteiger charge is 2.16. The van der Waals surface area contributed by atoms with Gasteiger partial charge in [-0.25, -0.2) is 4.39 Å². The van der Waals surface area contributed by atoms with E-state index in [1.165, 1.54) is 24.5 Å². The van der Waals surface area contributed by atoms with Crippen molar-refractivity contribution in [3.63, 3.8) is 0 Å². The molecule has 7 heteroatoms. The van der Waals surface area contributed by atoms with Crippen LogP contribution in [0.2, 0.25) is 0 Å². The van der Waals surface area contributed by atoms with Crippen LogP contribution in [0.1, 0.15) is 17.4 Å². The Hall–Kier alpha value is -2.54. The zero-order valence-corrected chi connectivity index (χ0v) is 11.3. The molecule has 2 heterocycles. The molecule has 0 saturated carbocycles. The first-order valence-electron chi connectivity index (χ1n) is 6.40. The Morgan fingerprint density at radius 1 is 1.38 bits per heavy atom. The van der Waals surface area contributed by atoms with E-state index in [0.717, 1.165) is 4.52 Å². The zero-order chi connectivity index (χ0) is 15.0. The molecule has 0 amide bonds. The highest BCUT2D eigenvalue weighted by Crippen LogP contribution is 2.19. The van der Waals surface area contributed by atoms with Crippen molar-refractivity contribution in [2.24, 2.45) is 0 Å². The monoisotopic (exact) mass is 288 g/mol. The minimum atomic E-state index is -1.05. The summed E-state index contributed by atoms with van der Waals surface area (Å²) in [6.45, 7) is 1.80. The third kappa shape index (κ3) is 2.31. The average molecular weight is 288 g/mol. The van der Waals surface area contributed by atoms with Gasteiger partial charge >= 0.3 is 0 Å². The summed E-state index contributed by atoms with van der Waals surface area (Å²) in [4.78, 5) is 15.8. The van der Waals surface area contributed by atoms with Crippen molar-refractivity contribution >= 4 is 5.78 Å². The summed E-state index contributed by atoms with van der Waals surface area (Å²) in [5, 5.41) is 14.1. The molecule has 21 heavy (non-hydrogen) atoms. The molecule has 108 valence electrons. The summed E-state index contributed by atoms with van der Waals surface area (Å²) in [7, 11) is 0. The molecule has 0 aliphatic rings. The number of fused-ring (bicyclic) bond motifs is 1. The Morgan fingerprint density at radius 3 is 2.90 bits per heavy atom. The topological polar surface area (TPSA) is 72.4 Å². The van der Waals surface area contributed by atoms with Crippen molar-refractivity contribution in [1.82, 2.24) is 19.2 Å². The Kier molecular flexibility index (Phi) is 3.26. The van der Waals surface area contributed by atoms with Crippen molar-refractivity contribution in [2.45, 2.75) is 19.6 Å². The molecule has 1 atom stereocenters. The third-order valence-corrected chi connectivity index (χ3v) is 3.36. The molecule has 0 saturated heterocycles. The van der Waals surface area contributed by atoms with Gasteiger partial charge < -0.3 is 9.67 Å². The lowest BCUT2D eigenvalue weighted by atomic mass is 10.1. The predicted octanol–water partition coefficient (Wildman–Crippen LogP) is 1.07. The van der Waals surface area contributed by atoms with Gasteiger partial charge in [-0.15, -0.1) is 0 Å². The molecule has 3 aromatic rings. The third-order valence-electron chi connectivity index (χ3n) is 3.36. The van der Waals surface area contributed by atoms with Crippen LogP contribution < -0.4 is 5.56 Å². The van der Waals surface area contributed by atoms with Gasteiger partial charge in [0.1, 0.15) is 12.1 Å². The van der Waals surface area contributed by atoms with Crippen LogP contribution in [0.15, 0.2) is 41.5 Å². The number of benzene rings is 1. The fraction of sp³-hybridized carbons (Fsp3) is 0.214. The van der Waals surface area contributed by atoms with Crippen molar-refractivity contribution in [3.05, 3.63) is 64.1 Å². The van der Waals surface area contributed by atoms with Gasteiger partial charge in [0.15, 0.2) is 0 Å². The molecule has 1 N–H and O–H groups in total. The van der Waals surface area contributed by atoms with Gasteiger partial charge in [-0.1, -0.05) is 18.2 Å². The standard InChI is InChI=1S/C14H13FN4O2/c1-9-6-13(21)19-14(16-8-17-19)18(9)7-12(20)10-4-2-3-5-11(10)15/h2-6,8,12,20H,7H2,1H3/t12-/m0/s1. The molecule has 0 aliphatic heterocycles. The molecular formula is C14H13FN4O2. The second-order valence-electron chi connectivity index (χ2n) is 4.74. The van der Waals surface area contributed by atoms with Gasteiger partial charge in [-0.2, -0.15) is 14.6 Å². The highest BCUT2D eigenvalue weighted by molar-refractivity contribution is 5.30. The first kappa shape index (κ1) is 13.4. The lowest BCUT2D eigenvalue weighted by molar-refractivity contribution is 0.152. The lowest BCUT2D eigenvalue weighted by Gasteiger charge is -2.16. The predicted molar refractivity (Wildman–Crippen MR) is 73.3 cm³/mol. The van der Waals surface area contributed by atoms with Gasteiger partial charge in [0, 0.05) is 17.3 Å². The summed E-state index contributed by atoms with van der Waals surface area (Å²) in [5.74, 6) is -0.156. The molecule has 0 radical (unpaired) electrons. The van der Waals surface area contributed by atoms with Crippen molar-refractivity contribution in [1.29, 1.82) is 0 Å². The maximum atomic E-state index is 13.7. The smallest absolute Gasteiger partial charge is 0.275 e. The van der Waals surface area contributed by atoms with Crippen LogP contribution >= 0.6 is 0 Å². The van der Waals surface area contributed by atoms with Crippen LogP contribution in [0, 0.1) is 12.7 Å². The lowest BCUT2D eigenvalue weighted by Crippen LogP contribution is -2.22. The van der Waals surface area contributed by atoms with E-state index < -0.39 is 11.9 Å². The minimum absolute atomic E-state index is 0.0786. The largest absolute Gasteiger partial charge is 0.386 e. The normalized spacial score (nSPS) is 12.7. The van der Waals surface area contributed by atoms with Crippen LogP contribution in [-0.4, -0.2) is 24.3 Å². The van der Waals surface area contributed by atoms with Gasteiger partial charge in [0.25, 0.3) is 5.56 Å². The van der Waals surface area contributed by atoms with E-state index in [0.29, 0.717) is 11.5 Å². The molecule has 0 spiro atoms. The van der Waals surface area contributed by atoms with Gasteiger partial charge in [-0.05, 0) is 13.0 Å². The summed E-state index contributed by atoms with van der Waals surface area (Å²) in [5.41, 5.74) is 0.529. The summed E-state index contributed by atoms with van der Waals surface area (Å²) < 4.78 is 16.5. The highest BCUT2D eigenvalue weighted by atomic mass is 19.1. The van der Waals surface area contributed by atoms with E-state index in [-0.39, 0.29) is 17.7 Å². The zero-order valence-electron chi connectivity index (χ0n) is 11.3. The molecule has 0 bridgehead atoms. The van der Waals surface area contributed by atoms with E-state index in [1.54, 1.807) is 23.6 Å². The quantitative estimate of drug-likeness (QED) is 0.782. The van der Waals surface area contributed by atoms with Gasteiger partial charge in [0.05, 0.1) is 12.6 Å². The number of hydrogen-bond donors (Lipinski definition) is 1. The number of halogens is 1. The van der Waals surface area contributed by atoms with Gasteiger partial charge in [-0.3, -0.25) is 4.79 Å². The number of hydrogen-bond acceptors (Lipinski definition) is 4. The number of aromatic nitrogens is 4. The number of aryl methyl sites for hydroxylation is 1. The second-order valence-corrected chi connectivity index (χ2v) is 4.74. The first-order chi connectivity index (χ1) is 10.1. The Bertz CT molecular complexity index is 856. The fourth-order valence-electron chi connectivity index (χ4n) is 2.29. The Balaban J connectivity index is 2.04. The molecule has 1 aromatic carbocycles. The Morgan fingerprint density at radius 2 is 2.14 bits per heavy atom. The van der Waals surface area contributed by atoms with Crippen LogP contribution in [0.5, 0.6) is 0 Å². The Labute approximate surface area is 119 Å². The fourth-order valence-corrected chi connectivity index (χ4v) is 2.29. The van der Waals surface area contributed by atoms with E-state index in [1.807, 2.05) is 0 Å². The summed E-state index contributed by atoms with van der Waals surface area (Å²) in [6, 6.07) is 7.44.